The summed E-state index contributed by atoms with van der Waals surface area (Å²) in [5.74, 6) is 2.56. The highest BCUT2D eigenvalue weighted by Crippen LogP contribution is 2.34. The Morgan fingerprint density at radius 3 is 2.07 bits per heavy atom. The van der Waals surface area contributed by atoms with Crippen molar-refractivity contribution in [1.82, 2.24) is 10.2 Å². The SMILES string of the molecule is CCN(CC(=O)NCc1cc(OC)c(OC)cc1OC)Cc1ccc(OC)cc1. The van der Waals surface area contributed by atoms with Crippen molar-refractivity contribution >= 4 is 5.91 Å². The van der Waals surface area contributed by atoms with Crippen molar-refractivity contribution in [2.24, 2.45) is 0 Å². The van der Waals surface area contributed by atoms with E-state index in [-0.39, 0.29) is 5.91 Å². The molecule has 2 aromatic carbocycles. The van der Waals surface area contributed by atoms with Crippen LogP contribution in [0.2, 0.25) is 0 Å². The number of nitrogens with zero attached hydrogens (tertiary/aromatic N) is 1. The van der Waals surface area contributed by atoms with Gasteiger partial charge in [-0.1, -0.05) is 19.1 Å². The van der Waals surface area contributed by atoms with Gasteiger partial charge in [0.2, 0.25) is 5.91 Å². The molecule has 1 N–H and O–H groups in total. The van der Waals surface area contributed by atoms with Gasteiger partial charge in [-0.25, -0.2) is 0 Å². The first-order chi connectivity index (χ1) is 14.0. The summed E-state index contributed by atoms with van der Waals surface area (Å²) in [5, 5.41) is 2.95. The first-order valence-corrected chi connectivity index (χ1v) is 9.45. The lowest BCUT2D eigenvalue weighted by Gasteiger charge is -2.20. The average Bonchev–Trinajstić information content (AvgIpc) is 2.76. The van der Waals surface area contributed by atoms with Crippen molar-refractivity contribution < 1.29 is 23.7 Å². The molecule has 0 unspecified atom stereocenters. The normalized spacial score (nSPS) is 10.6. The number of likely N-dealkylation sites (N-methyl/N-ethyl adjacent to an activating group) is 1. The minimum absolute atomic E-state index is 0.0581. The quantitative estimate of drug-likeness (QED) is 0.623. The van der Waals surface area contributed by atoms with Crippen molar-refractivity contribution in [2.45, 2.75) is 20.0 Å². The number of hydrogen-bond donors (Lipinski definition) is 1. The number of nitrogens with one attached hydrogen (secondary N) is 1. The van der Waals surface area contributed by atoms with E-state index in [4.69, 9.17) is 18.9 Å². The highest BCUT2D eigenvalue weighted by atomic mass is 16.5. The highest BCUT2D eigenvalue weighted by Gasteiger charge is 2.14. The van der Waals surface area contributed by atoms with E-state index in [2.05, 4.69) is 10.2 Å². The fourth-order valence-corrected chi connectivity index (χ4v) is 2.95. The number of benzene rings is 2. The van der Waals surface area contributed by atoms with Crippen LogP contribution in [0.15, 0.2) is 36.4 Å². The molecule has 0 fully saturated rings. The zero-order chi connectivity index (χ0) is 21.2. The van der Waals surface area contributed by atoms with Gasteiger partial charge in [0.05, 0.1) is 35.0 Å². The van der Waals surface area contributed by atoms with Crippen LogP contribution in [0, 0.1) is 0 Å². The maximum Gasteiger partial charge on any atom is 0.234 e. The van der Waals surface area contributed by atoms with Crippen LogP contribution in [-0.2, 0) is 17.9 Å². The first-order valence-electron chi connectivity index (χ1n) is 9.45. The van der Waals surface area contributed by atoms with Gasteiger partial charge in [-0.05, 0) is 30.3 Å². The van der Waals surface area contributed by atoms with E-state index < -0.39 is 0 Å². The molecule has 7 nitrogen and oxygen atoms in total. The van der Waals surface area contributed by atoms with Crippen molar-refractivity contribution in [3.63, 3.8) is 0 Å². The van der Waals surface area contributed by atoms with Crippen LogP contribution < -0.4 is 24.3 Å². The molecule has 0 saturated heterocycles. The standard InChI is InChI=1S/C22H30N2O5/c1-6-24(14-16-7-9-18(26-2)10-8-16)15-22(25)23-13-17-11-20(28-4)21(29-5)12-19(17)27-3/h7-12H,6,13-15H2,1-5H3,(H,23,25). The molecule has 0 spiro atoms. The van der Waals surface area contributed by atoms with Crippen LogP contribution in [0.5, 0.6) is 23.0 Å². The second kappa shape index (κ2) is 11.2. The molecule has 2 aromatic rings. The summed E-state index contributed by atoms with van der Waals surface area (Å²) >= 11 is 0. The third-order valence-corrected chi connectivity index (χ3v) is 4.64. The summed E-state index contributed by atoms with van der Waals surface area (Å²) in [6, 6.07) is 11.4. The Balaban J connectivity index is 1.97. The van der Waals surface area contributed by atoms with Crippen LogP contribution in [0.1, 0.15) is 18.1 Å². The monoisotopic (exact) mass is 402 g/mol. The summed E-state index contributed by atoms with van der Waals surface area (Å²) in [5.41, 5.74) is 1.94. The molecule has 158 valence electrons. The van der Waals surface area contributed by atoms with Crippen molar-refractivity contribution in [1.29, 1.82) is 0 Å². The molecule has 0 aliphatic carbocycles. The molecule has 0 saturated carbocycles. The number of rotatable bonds is 11. The van der Waals surface area contributed by atoms with E-state index in [9.17, 15) is 4.79 Å². The van der Waals surface area contributed by atoms with Crippen LogP contribution in [0.4, 0.5) is 0 Å². The maximum atomic E-state index is 12.5. The third kappa shape index (κ3) is 6.29. The molecule has 0 aromatic heterocycles. The van der Waals surface area contributed by atoms with Crippen LogP contribution in [-0.4, -0.2) is 52.3 Å². The second-order valence-corrected chi connectivity index (χ2v) is 6.45. The molecular weight excluding hydrogens is 372 g/mol. The topological polar surface area (TPSA) is 69.3 Å². The van der Waals surface area contributed by atoms with Crippen molar-refractivity contribution in [3.05, 3.63) is 47.5 Å². The molecule has 29 heavy (non-hydrogen) atoms. The molecule has 0 aliphatic heterocycles. The van der Waals surface area contributed by atoms with E-state index in [0.717, 1.165) is 23.4 Å². The fourth-order valence-electron chi connectivity index (χ4n) is 2.95. The number of carbonyl (C=O) groups excluding carboxylic acids is 1. The Labute approximate surface area is 172 Å². The van der Waals surface area contributed by atoms with E-state index in [0.29, 0.717) is 36.9 Å². The van der Waals surface area contributed by atoms with Crippen LogP contribution in [0.3, 0.4) is 0 Å². The van der Waals surface area contributed by atoms with Gasteiger partial charge in [-0.15, -0.1) is 0 Å². The predicted octanol–water partition coefficient (Wildman–Crippen LogP) is 2.86. The lowest BCUT2D eigenvalue weighted by molar-refractivity contribution is -0.122. The Morgan fingerprint density at radius 1 is 0.897 bits per heavy atom. The molecule has 7 heteroatoms. The van der Waals surface area contributed by atoms with E-state index >= 15 is 0 Å². The van der Waals surface area contributed by atoms with E-state index in [1.54, 1.807) is 34.5 Å². The smallest absolute Gasteiger partial charge is 0.234 e. The fraction of sp³-hybridized carbons (Fsp3) is 0.409. The minimum Gasteiger partial charge on any atom is -0.497 e. The number of hydrogen-bond acceptors (Lipinski definition) is 6. The van der Waals surface area contributed by atoms with Gasteiger partial charge in [0.15, 0.2) is 11.5 Å². The van der Waals surface area contributed by atoms with Crippen LogP contribution >= 0.6 is 0 Å². The van der Waals surface area contributed by atoms with E-state index in [1.807, 2.05) is 37.3 Å². The Morgan fingerprint density at radius 2 is 1.52 bits per heavy atom. The summed E-state index contributed by atoms with van der Waals surface area (Å²) < 4.78 is 21.2. The molecule has 0 bridgehead atoms. The summed E-state index contributed by atoms with van der Waals surface area (Å²) in [6.07, 6.45) is 0. The number of carbonyl (C=O) groups is 1. The van der Waals surface area contributed by atoms with Crippen LogP contribution in [0.25, 0.3) is 0 Å². The molecule has 2 rings (SSSR count). The Kier molecular flexibility index (Phi) is 8.61. The van der Waals surface area contributed by atoms with E-state index in [1.165, 1.54) is 0 Å². The predicted molar refractivity (Wildman–Crippen MR) is 112 cm³/mol. The minimum atomic E-state index is -0.0581. The van der Waals surface area contributed by atoms with Gasteiger partial charge in [-0.3, -0.25) is 9.69 Å². The third-order valence-electron chi connectivity index (χ3n) is 4.64. The molecular formula is C22H30N2O5. The first kappa shape index (κ1) is 22.4. The maximum absolute atomic E-state index is 12.5. The van der Waals surface area contributed by atoms with Gasteiger partial charge in [0.25, 0.3) is 0 Å². The largest absolute Gasteiger partial charge is 0.497 e. The summed E-state index contributed by atoms with van der Waals surface area (Å²) in [7, 11) is 6.37. The molecule has 1 amide bonds. The van der Waals surface area contributed by atoms with Crippen molar-refractivity contribution in [2.75, 3.05) is 41.5 Å². The zero-order valence-corrected chi connectivity index (χ0v) is 17.8. The second-order valence-electron chi connectivity index (χ2n) is 6.45. The Bertz CT molecular complexity index is 793. The van der Waals surface area contributed by atoms with Gasteiger partial charge in [-0.2, -0.15) is 0 Å². The molecule has 0 heterocycles. The summed E-state index contributed by atoms with van der Waals surface area (Å²) in [4.78, 5) is 14.6. The number of ether oxygens (including phenoxy) is 4. The van der Waals surface area contributed by atoms with Gasteiger partial charge in [0, 0.05) is 24.7 Å². The van der Waals surface area contributed by atoms with Gasteiger partial charge in [0.1, 0.15) is 11.5 Å². The Hall–Kier alpha value is -2.93. The highest BCUT2D eigenvalue weighted by molar-refractivity contribution is 5.78. The lowest BCUT2D eigenvalue weighted by Crippen LogP contribution is -2.36. The van der Waals surface area contributed by atoms with Crippen molar-refractivity contribution in [3.8, 4) is 23.0 Å². The lowest BCUT2D eigenvalue weighted by atomic mass is 10.1. The average molecular weight is 402 g/mol. The number of amides is 1. The molecule has 0 aliphatic rings. The van der Waals surface area contributed by atoms with Gasteiger partial charge < -0.3 is 24.3 Å². The number of methoxy groups -OCH3 is 4. The summed E-state index contributed by atoms with van der Waals surface area (Å²) in [6.45, 7) is 4.13. The zero-order valence-electron chi connectivity index (χ0n) is 17.8. The molecule has 0 atom stereocenters. The van der Waals surface area contributed by atoms with Gasteiger partial charge >= 0.3 is 0 Å². The molecule has 0 radical (unpaired) electrons.